The van der Waals surface area contributed by atoms with E-state index in [9.17, 15) is 0 Å². The molecular formula is C15H27ClN4. The summed E-state index contributed by atoms with van der Waals surface area (Å²) in [5.41, 5.74) is 1.12. The van der Waals surface area contributed by atoms with Crippen LogP contribution in [0.2, 0.25) is 5.02 Å². The number of hydrogen-bond donors (Lipinski definition) is 1. The van der Waals surface area contributed by atoms with E-state index in [2.05, 4.69) is 55.0 Å². The number of nitrogens with zero attached hydrogens (tertiary/aromatic N) is 3. The van der Waals surface area contributed by atoms with Crippen LogP contribution in [0.1, 0.15) is 26.3 Å². The molecule has 0 fully saturated rings. The molecule has 1 unspecified atom stereocenters. The van der Waals surface area contributed by atoms with Crippen LogP contribution in [0.5, 0.6) is 0 Å². The third kappa shape index (κ3) is 4.93. The molecule has 0 amide bonds. The molecule has 0 saturated carbocycles. The molecule has 0 radical (unpaired) electrons. The fourth-order valence-electron chi connectivity index (χ4n) is 2.34. The molecule has 1 N–H and O–H groups in total. The molecule has 1 aromatic rings. The zero-order chi connectivity index (χ0) is 15.1. The fraction of sp³-hybridized carbons (Fsp3) is 0.667. The Morgan fingerprint density at radius 2 is 2.05 bits per heavy atom. The highest BCUT2D eigenvalue weighted by atomic mass is 35.5. The fourth-order valence-corrected chi connectivity index (χ4v) is 2.64. The summed E-state index contributed by atoms with van der Waals surface area (Å²) in [7, 11) is 4.16. The van der Waals surface area contributed by atoms with E-state index in [0.29, 0.717) is 6.04 Å². The van der Waals surface area contributed by atoms with Crippen molar-refractivity contribution in [2.75, 3.05) is 38.6 Å². The number of rotatable bonds is 8. The zero-order valence-electron chi connectivity index (χ0n) is 13.3. The smallest absolute Gasteiger partial charge is 0.147 e. The lowest BCUT2D eigenvalue weighted by Gasteiger charge is -2.31. The first-order chi connectivity index (χ1) is 9.49. The molecule has 0 saturated heterocycles. The van der Waals surface area contributed by atoms with Crippen LogP contribution in [0.15, 0.2) is 12.3 Å². The largest absolute Gasteiger partial charge is 0.352 e. The molecule has 5 heteroatoms. The summed E-state index contributed by atoms with van der Waals surface area (Å²) in [4.78, 5) is 9.00. The summed E-state index contributed by atoms with van der Waals surface area (Å²) in [6.07, 6.45) is 1.91. The van der Waals surface area contributed by atoms with Gasteiger partial charge >= 0.3 is 0 Å². The van der Waals surface area contributed by atoms with Crippen molar-refractivity contribution >= 4 is 17.4 Å². The maximum absolute atomic E-state index is 6.42. The van der Waals surface area contributed by atoms with Gasteiger partial charge < -0.3 is 15.1 Å². The van der Waals surface area contributed by atoms with Crippen LogP contribution in [0.25, 0.3) is 0 Å². The van der Waals surface area contributed by atoms with E-state index >= 15 is 0 Å². The minimum absolute atomic E-state index is 0.375. The van der Waals surface area contributed by atoms with Gasteiger partial charge in [-0.3, -0.25) is 0 Å². The average molecular weight is 299 g/mol. The summed E-state index contributed by atoms with van der Waals surface area (Å²) in [5.74, 6) is 0.878. The number of nitrogens with one attached hydrogen (secondary N) is 1. The topological polar surface area (TPSA) is 31.4 Å². The van der Waals surface area contributed by atoms with Crippen molar-refractivity contribution < 1.29 is 0 Å². The number of aromatic nitrogens is 1. The molecule has 114 valence electrons. The van der Waals surface area contributed by atoms with Crippen LogP contribution in [0.4, 0.5) is 5.82 Å². The number of hydrogen-bond acceptors (Lipinski definition) is 4. The maximum atomic E-state index is 6.42. The van der Waals surface area contributed by atoms with Crippen LogP contribution in [0, 0.1) is 0 Å². The Bertz CT molecular complexity index is 409. The van der Waals surface area contributed by atoms with Crippen molar-refractivity contribution in [3.8, 4) is 0 Å². The predicted molar refractivity (Wildman–Crippen MR) is 87.7 cm³/mol. The van der Waals surface area contributed by atoms with E-state index in [4.69, 9.17) is 11.6 Å². The molecule has 4 nitrogen and oxygen atoms in total. The van der Waals surface area contributed by atoms with Gasteiger partial charge in [-0.15, -0.1) is 0 Å². The predicted octanol–water partition coefficient (Wildman–Crippen LogP) is 2.62. The van der Waals surface area contributed by atoms with E-state index < -0.39 is 0 Å². The molecule has 1 rings (SSSR count). The number of pyridine rings is 1. The van der Waals surface area contributed by atoms with Gasteiger partial charge in [-0.25, -0.2) is 4.98 Å². The Labute approximate surface area is 128 Å². The van der Waals surface area contributed by atoms with Crippen LogP contribution >= 0.6 is 11.6 Å². The molecule has 0 bridgehead atoms. The Kier molecular flexibility index (Phi) is 7.27. The van der Waals surface area contributed by atoms with Gasteiger partial charge in [0.15, 0.2) is 0 Å². The van der Waals surface area contributed by atoms with E-state index in [-0.39, 0.29) is 0 Å². The number of anilines is 1. The Morgan fingerprint density at radius 3 is 2.55 bits per heavy atom. The lowest BCUT2D eigenvalue weighted by atomic mass is 10.2. The second-order valence-corrected chi connectivity index (χ2v) is 5.73. The lowest BCUT2D eigenvalue weighted by molar-refractivity contribution is 0.372. The molecule has 0 aliphatic heterocycles. The molecule has 0 aliphatic rings. The third-order valence-electron chi connectivity index (χ3n) is 3.23. The van der Waals surface area contributed by atoms with Crippen LogP contribution in [-0.4, -0.2) is 49.7 Å². The normalized spacial score (nSPS) is 12.8. The average Bonchev–Trinajstić information content (AvgIpc) is 2.38. The summed E-state index contributed by atoms with van der Waals surface area (Å²) < 4.78 is 0. The van der Waals surface area contributed by atoms with Crippen LogP contribution in [0.3, 0.4) is 0 Å². The van der Waals surface area contributed by atoms with Crippen molar-refractivity contribution in [3.05, 3.63) is 22.8 Å². The van der Waals surface area contributed by atoms with E-state index in [0.717, 1.165) is 42.6 Å². The standard InChI is InChI=1S/C15H27ClN4/c1-6-17-9-13-8-14(16)15(18-10-13)20(7-2)12(3)11-19(4)5/h8,10,12,17H,6-7,9,11H2,1-5H3. The monoisotopic (exact) mass is 298 g/mol. The summed E-state index contributed by atoms with van der Waals surface area (Å²) >= 11 is 6.42. The van der Waals surface area contributed by atoms with E-state index in [1.54, 1.807) is 0 Å². The van der Waals surface area contributed by atoms with Gasteiger partial charge in [0.05, 0.1) is 5.02 Å². The molecule has 1 aromatic heterocycles. The van der Waals surface area contributed by atoms with Crippen LogP contribution < -0.4 is 10.2 Å². The highest BCUT2D eigenvalue weighted by Gasteiger charge is 2.17. The lowest BCUT2D eigenvalue weighted by Crippen LogP contribution is -2.40. The second-order valence-electron chi connectivity index (χ2n) is 5.33. The van der Waals surface area contributed by atoms with Gasteiger partial charge in [0.2, 0.25) is 0 Å². The van der Waals surface area contributed by atoms with Crippen molar-refractivity contribution in [2.24, 2.45) is 0 Å². The molecule has 1 heterocycles. The Morgan fingerprint density at radius 1 is 1.35 bits per heavy atom. The quantitative estimate of drug-likeness (QED) is 0.799. The first-order valence-corrected chi connectivity index (χ1v) is 7.63. The summed E-state index contributed by atoms with van der Waals surface area (Å²) in [5, 5.41) is 4.01. The number of likely N-dealkylation sites (N-methyl/N-ethyl adjacent to an activating group) is 2. The van der Waals surface area contributed by atoms with Gasteiger partial charge in [-0.05, 0) is 46.1 Å². The van der Waals surface area contributed by atoms with Gasteiger partial charge in [-0.1, -0.05) is 18.5 Å². The molecule has 1 atom stereocenters. The second kappa shape index (κ2) is 8.45. The summed E-state index contributed by atoms with van der Waals surface area (Å²) in [6, 6.07) is 2.39. The van der Waals surface area contributed by atoms with Crippen molar-refractivity contribution in [3.63, 3.8) is 0 Å². The van der Waals surface area contributed by atoms with Gasteiger partial charge in [-0.2, -0.15) is 0 Å². The van der Waals surface area contributed by atoms with Crippen molar-refractivity contribution in [1.29, 1.82) is 0 Å². The van der Waals surface area contributed by atoms with Gasteiger partial charge in [0.25, 0.3) is 0 Å². The van der Waals surface area contributed by atoms with Crippen molar-refractivity contribution in [1.82, 2.24) is 15.2 Å². The molecule has 20 heavy (non-hydrogen) atoms. The SMILES string of the molecule is CCNCc1cnc(N(CC)C(C)CN(C)C)c(Cl)c1. The van der Waals surface area contributed by atoms with Crippen LogP contribution in [-0.2, 0) is 6.54 Å². The molecular weight excluding hydrogens is 272 g/mol. The van der Waals surface area contributed by atoms with Gasteiger partial charge in [0.1, 0.15) is 5.82 Å². The maximum Gasteiger partial charge on any atom is 0.147 e. The van der Waals surface area contributed by atoms with E-state index in [1.807, 2.05) is 12.3 Å². The Hall–Kier alpha value is -0.840. The first kappa shape index (κ1) is 17.2. The minimum Gasteiger partial charge on any atom is -0.352 e. The highest BCUT2D eigenvalue weighted by molar-refractivity contribution is 6.33. The molecule has 0 spiro atoms. The van der Waals surface area contributed by atoms with Crippen molar-refractivity contribution in [2.45, 2.75) is 33.4 Å². The minimum atomic E-state index is 0.375. The highest BCUT2D eigenvalue weighted by Crippen LogP contribution is 2.25. The third-order valence-corrected chi connectivity index (χ3v) is 3.51. The molecule has 0 aromatic carbocycles. The van der Waals surface area contributed by atoms with E-state index in [1.165, 1.54) is 0 Å². The zero-order valence-corrected chi connectivity index (χ0v) is 14.0. The molecule has 0 aliphatic carbocycles. The van der Waals surface area contributed by atoms with Gasteiger partial charge in [0, 0.05) is 31.9 Å². The number of halogens is 1. The Balaban J connectivity index is 2.87. The summed E-state index contributed by atoms with van der Waals surface area (Å²) in [6.45, 7) is 10.1. The first-order valence-electron chi connectivity index (χ1n) is 7.26.